The predicted molar refractivity (Wildman–Crippen MR) is 72.4 cm³/mol. The number of nitrogen functional groups attached to an aromatic ring is 1. The average molecular weight is 253 g/mol. The van der Waals surface area contributed by atoms with Crippen molar-refractivity contribution < 1.29 is 9.21 Å². The number of hydrogen-bond donors (Lipinski definition) is 2. The first-order chi connectivity index (χ1) is 9.16. The molecule has 0 spiro atoms. The second-order valence-corrected chi connectivity index (χ2v) is 4.12. The van der Waals surface area contributed by atoms with Crippen molar-refractivity contribution in [3.05, 3.63) is 48.0 Å². The van der Waals surface area contributed by atoms with E-state index in [4.69, 9.17) is 15.9 Å². The lowest BCUT2D eigenvalue weighted by Gasteiger charge is -2.06. The maximum absolute atomic E-state index is 11.7. The molecule has 5 nitrogen and oxygen atoms in total. The van der Waals surface area contributed by atoms with Crippen molar-refractivity contribution >= 4 is 23.0 Å². The molecule has 0 saturated carbocycles. The lowest BCUT2D eigenvalue weighted by molar-refractivity contribution is 0.100. The molecule has 3 rings (SSSR count). The smallest absolute Gasteiger partial charge is 0.293 e. The number of carbonyl (C=O) groups is 1. The number of primary amides is 1. The summed E-state index contributed by atoms with van der Waals surface area (Å²) in [6.07, 6.45) is 0. The summed E-state index contributed by atoms with van der Waals surface area (Å²) in [5.74, 6) is -0.558. The van der Waals surface area contributed by atoms with Crippen LogP contribution in [0.2, 0.25) is 0 Å². The highest BCUT2D eigenvalue weighted by Crippen LogP contribution is 2.30. The van der Waals surface area contributed by atoms with E-state index >= 15 is 0 Å². The van der Waals surface area contributed by atoms with E-state index in [1.807, 2.05) is 30.3 Å². The second-order valence-electron chi connectivity index (χ2n) is 4.12. The molecule has 94 valence electrons. The number of rotatable bonds is 2. The van der Waals surface area contributed by atoms with Crippen LogP contribution in [0.25, 0.3) is 22.2 Å². The Kier molecular flexibility index (Phi) is 2.45. The van der Waals surface area contributed by atoms with Gasteiger partial charge in [-0.05, 0) is 23.3 Å². The minimum Gasteiger partial charge on any atom is -0.424 e. The third-order valence-electron chi connectivity index (χ3n) is 2.91. The van der Waals surface area contributed by atoms with Gasteiger partial charge < -0.3 is 15.9 Å². The van der Waals surface area contributed by atoms with Crippen molar-refractivity contribution in [2.45, 2.75) is 0 Å². The Bertz CT molecular complexity index is 763. The van der Waals surface area contributed by atoms with E-state index in [9.17, 15) is 4.79 Å². The topological polar surface area (TPSA) is 95.1 Å². The largest absolute Gasteiger partial charge is 0.424 e. The van der Waals surface area contributed by atoms with Crippen molar-refractivity contribution in [1.29, 1.82) is 0 Å². The Morgan fingerprint density at radius 3 is 2.53 bits per heavy atom. The third kappa shape index (κ3) is 1.81. The normalized spacial score (nSPS) is 10.7. The molecular formula is C14H11N3O2. The Morgan fingerprint density at radius 1 is 1.11 bits per heavy atom. The van der Waals surface area contributed by atoms with Gasteiger partial charge in [0.1, 0.15) is 5.52 Å². The zero-order chi connectivity index (χ0) is 13.4. The van der Waals surface area contributed by atoms with E-state index in [0.29, 0.717) is 22.2 Å². The molecule has 19 heavy (non-hydrogen) atoms. The standard InChI is InChI=1S/C14H11N3O2/c15-13(18)11-9(8-4-2-1-3-5-8)6-7-10-12(11)17-14(16)19-10/h1-7H,(H2,15,18)(H2,16,17). The van der Waals surface area contributed by atoms with Crippen molar-refractivity contribution in [2.24, 2.45) is 5.73 Å². The molecule has 1 heterocycles. The molecule has 4 N–H and O–H groups in total. The fraction of sp³-hybridized carbons (Fsp3) is 0. The number of benzene rings is 2. The van der Waals surface area contributed by atoms with E-state index in [-0.39, 0.29) is 6.01 Å². The second kappa shape index (κ2) is 4.13. The molecule has 0 aliphatic rings. The van der Waals surface area contributed by atoms with Crippen LogP contribution in [0.3, 0.4) is 0 Å². The van der Waals surface area contributed by atoms with E-state index in [1.165, 1.54) is 0 Å². The number of nitrogens with two attached hydrogens (primary N) is 2. The van der Waals surface area contributed by atoms with Crippen molar-refractivity contribution in [1.82, 2.24) is 4.98 Å². The number of oxazole rings is 1. The fourth-order valence-corrected chi connectivity index (χ4v) is 2.12. The summed E-state index contributed by atoms with van der Waals surface area (Å²) in [6.45, 7) is 0. The average Bonchev–Trinajstić information content (AvgIpc) is 2.78. The molecule has 0 fully saturated rings. The summed E-state index contributed by atoms with van der Waals surface area (Å²) in [4.78, 5) is 15.7. The molecule has 0 unspecified atom stereocenters. The number of fused-ring (bicyclic) bond motifs is 1. The van der Waals surface area contributed by atoms with Gasteiger partial charge in [0.2, 0.25) is 0 Å². The van der Waals surface area contributed by atoms with E-state index < -0.39 is 5.91 Å². The maximum atomic E-state index is 11.7. The molecule has 2 aromatic carbocycles. The first-order valence-corrected chi connectivity index (χ1v) is 5.71. The number of carbonyl (C=O) groups excluding carboxylic acids is 1. The van der Waals surface area contributed by atoms with Crippen LogP contribution in [0.1, 0.15) is 10.4 Å². The molecule has 0 bridgehead atoms. The van der Waals surface area contributed by atoms with Crippen LogP contribution in [0, 0.1) is 0 Å². The van der Waals surface area contributed by atoms with Crippen LogP contribution in [0.15, 0.2) is 46.9 Å². The zero-order valence-corrected chi connectivity index (χ0v) is 9.96. The highest BCUT2D eigenvalue weighted by Gasteiger charge is 2.18. The molecule has 5 heteroatoms. The monoisotopic (exact) mass is 253 g/mol. The molecule has 0 saturated heterocycles. The summed E-state index contributed by atoms with van der Waals surface area (Å²) < 4.78 is 5.21. The predicted octanol–water partition coefficient (Wildman–Crippen LogP) is 2.18. The lowest BCUT2D eigenvalue weighted by atomic mass is 9.98. The van der Waals surface area contributed by atoms with Crippen molar-refractivity contribution in [3.63, 3.8) is 0 Å². The Balaban J connectivity index is 2.36. The number of nitrogens with zero attached hydrogens (tertiary/aromatic N) is 1. The molecule has 0 atom stereocenters. The third-order valence-corrected chi connectivity index (χ3v) is 2.91. The van der Waals surface area contributed by atoms with Crippen molar-refractivity contribution in [2.75, 3.05) is 5.73 Å². The summed E-state index contributed by atoms with van der Waals surface area (Å²) in [5, 5.41) is 0. The lowest BCUT2D eigenvalue weighted by Crippen LogP contribution is -2.13. The Labute approximate surface area is 108 Å². The maximum Gasteiger partial charge on any atom is 0.293 e. The van der Waals surface area contributed by atoms with Crippen molar-refractivity contribution in [3.8, 4) is 11.1 Å². The Hall–Kier alpha value is -2.82. The molecule has 0 aliphatic heterocycles. The van der Waals surface area contributed by atoms with Gasteiger partial charge in [-0.3, -0.25) is 4.79 Å². The highest BCUT2D eigenvalue weighted by atomic mass is 16.4. The number of aromatic nitrogens is 1. The minimum absolute atomic E-state index is 0.0164. The van der Waals surface area contributed by atoms with Crippen LogP contribution in [-0.2, 0) is 0 Å². The summed E-state index contributed by atoms with van der Waals surface area (Å²) in [7, 11) is 0. The molecule has 0 radical (unpaired) electrons. The van der Waals surface area contributed by atoms with Gasteiger partial charge in [-0.15, -0.1) is 0 Å². The summed E-state index contributed by atoms with van der Waals surface area (Å²) >= 11 is 0. The van der Waals surface area contributed by atoms with Gasteiger partial charge in [0.05, 0.1) is 5.56 Å². The molecular weight excluding hydrogens is 242 g/mol. The van der Waals surface area contributed by atoms with Crippen LogP contribution >= 0.6 is 0 Å². The van der Waals surface area contributed by atoms with E-state index in [1.54, 1.807) is 12.1 Å². The van der Waals surface area contributed by atoms with Crippen LogP contribution < -0.4 is 11.5 Å². The van der Waals surface area contributed by atoms with Gasteiger partial charge in [-0.2, -0.15) is 4.98 Å². The molecule has 3 aromatic rings. The first-order valence-electron chi connectivity index (χ1n) is 5.71. The Morgan fingerprint density at radius 2 is 1.84 bits per heavy atom. The number of anilines is 1. The van der Waals surface area contributed by atoms with Crippen LogP contribution in [-0.4, -0.2) is 10.9 Å². The van der Waals surface area contributed by atoms with E-state index in [2.05, 4.69) is 4.98 Å². The summed E-state index contributed by atoms with van der Waals surface area (Å²) in [5.41, 5.74) is 13.8. The van der Waals surface area contributed by atoms with Gasteiger partial charge in [-0.25, -0.2) is 0 Å². The first kappa shape index (κ1) is 11.3. The van der Waals surface area contributed by atoms with Gasteiger partial charge >= 0.3 is 0 Å². The van der Waals surface area contributed by atoms with Gasteiger partial charge in [0, 0.05) is 0 Å². The van der Waals surface area contributed by atoms with Crippen LogP contribution in [0.4, 0.5) is 6.01 Å². The van der Waals surface area contributed by atoms with Gasteiger partial charge in [0.15, 0.2) is 5.58 Å². The number of hydrogen-bond acceptors (Lipinski definition) is 4. The van der Waals surface area contributed by atoms with Gasteiger partial charge in [0.25, 0.3) is 11.9 Å². The SMILES string of the molecule is NC(=O)c1c(-c2ccccc2)ccc2oc(N)nc12. The van der Waals surface area contributed by atoms with Gasteiger partial charge in [-0.1, -0.05) is 30.3 Å². The molecule has 1 amide bonds. The molecule has 0 aliphatic carbocycles. The minimum atomic E-state index is -0.558. The highest BCUT2D eigenvalue weighted by molar-refractivity contribution is 6.09. The fourth-order valence-electron chi connectivity index (χ4n) is 2.12. The van der Waals surface area contributed by atoms with E-state index in [0.717, 1.165) is 5.56 Å². The zero-order valence-electron chi connectivity index (χ0n) is 9.96. The number of amides is 1. The molecule has 1 aromatic heterocycles. The quantitative estimate of drug-likeness (QED) is 0.731. The summed E-state index contributed by atoms with van der Waals surface area (Å²) in [6, 6.07) is 13.0. The van der Waals surface area contributed by atoms with Crippen LogP contribution in [0.5, 0.6) is 0 Å².